The van der Waals surface area contributed by atoms with Crippen molar-refractivity contribution in [3.63, 3.8) is 0 Å². The van der Waals surface area contributed by atoms with Crippen LogP contribution in [0, 0.1) is 0 Å². The van der Waals surface area contributed by atoms with E-state index >= 15 is 0 Å². The Morgan fingerprint density at radius 2 is 1.95 bits per heavy atom. The van der Waals surface area contributed by atoms with Crippen molar-refractivity contribution in [2.75, 3.05) is 20.2 Å². The summed E-state index contributed by atoms with van der Waals surface area (Å²) in [5.74, 6) is -1.36. The number of carbonyl (C=O) groups excluding carboxylic acids is 1. The van der Waals surface area contributed by atoms with Gasteiger partial charge in [0.25, 0.3) is 5.91 Å². The lowest BCUT2D eigenvalue weighted by Crippen LogP contribution is -2.35. The summed E-state index contributed by atoms with van der Waals surface area (Å²) >= 11 is 11.9. The minimum Gasteiger partial charge on any atom is -0.494 e. The molecule has 0 radical (unpaired) electrons. The van der Waals surface area contributed by atoms with Crippen LogP contribution in [0.15, 0.2) is 24.8 Å². The molecule has 108 valence electrons. The molecule has 0 spiro atoms. The van der Waals surface area contributed by atoms with Crippen molar-refractivity contribution < 1.29 is 19.4 Å². The van der Waals surface area contributed by atoms with E-state index in [0.29, 0.717) is 0 Å². The highest BCUT2D eigenvalue weighted by Gasteiger charge is 2.20. The van der Waals surface area contributed by atoms with E-state index in [1.165, 1.54) is 25.3 Å². The molecule has 5 nitrogen and oxygen atoms in total. The Labute approximate surface area is 126 Å². The Hall–Kier alpha value is -1.72. The molecule has 0 bridgehead atoms. The van der Waals surface area contributed by atoms with Gasteiger partial charge in [-0.25, -0.2) is 0 Å². The summed E-state index contributed by atoms with van der Waals surface area (Å²) < 4.78 is 4.98. The number of ether oxygens (including phenoxy) is 1. The summed E-state index contributed by atoms with van der Waals surface area (Å²) in [4.78, 5) is 24.1. The van der Waals surface area contributed by atoms with Crippen LogP contribution >= 0.6 is 23.2 Å². The van der Waals surface area contributed by atoms with Crippen LogP contribution in [0.1, 0.15) is 10.4 Å². The standard InChI is InChI=1S/C13H13Cl2NO4/c1-3-4-16(7-11(17)18)13(19)8-5-9(14)12(20-2)10(15)6-8/h3,5-6H,1,4,7H2,2H3,(H,17,18). The molecule has 7 heteroatoms. The minimum absolute atomic E-state index is 0.104. The molecule has 0 fully saturated rings. The van der Waals surface area contributed by atoms with Gasteiger partial charge < -0.3 is 14.7 Å². The molecule has 1 N–H and O–H groups in total. The van der Waals surface area contributed by atoms with Crippen molar-refractivity contribution in [1.82, 2.24) is 4.90 Å². The van der Waals surface area contributed by atoms with E-state index in [-0.39, 0.29) is 27.9 Å². The molecule has 0 unspecified atom stereocenters. The maximum Gasteiger partial charge on any atom is 0.323 e. The average molecular weight is 318 g/mol. The van der Waals surface area contributed by atoms with Gasteiger partial charge in [0.05, 0.1) is 17.2 Å². The van der Waals surface area contributed by atoms with Crippen LogP contribution in [0.5, 0.6) is 5.75 Å². The van der Waals surface area contributed by atoms with E-state index in [0.717, 1.165) is 4.90 Å². The molecular weight excluding hydrogens is 305 g/mol. The van der Waals surface area contributed by atoms with Gasteiger partial charge in [0.1, 0.15) is 6.54 Å². The highest BCUT2D eigenvalue weighted by molar-refractivity contribution is 6.37. The van der Waals surface area contributed by atoms with Crippen molar-refractivity contribution in [2.24, 2.45) is 0 Å². The monoisotopic (exact) mass is 317 g/mol. The molecule has 1 rings (SSSR count). The van der Waals surface area contributed by atoms with Gasteiger partial charge in [0, 0.05) is 12.1 Å². The minimum atomic E-state index is -1.12. The van der Waals surface area contributed by atoms with Gasteiger partial charge in [-0.15, -0.1) is 6.58 Å². The van der Waals surface area contributed by atoms with E-state index in [4.69, 9.17) is 33.0 Å². The molecule has 0 saturated heterocycles. The number of carboxylic acids is 1. The summed E-state index contributed by atoms with van der Waals surface area (Å²) in [6.07, 6.45) is 1.44. The molecule has 0 aliphatic carbocycles. The third-order valence-electron chi connectivity index (χ3n) is 2.41. The summed E-state index contributed by atoms with van der Waals surface area (Å²) in [6, 6.07) is 2.76. The zero-order chi connectivity index (χ0) is 15.3. The first-order valence-corrected chi connectivity index (χ1v) is 6.31. The molecule has 0 aliphatic heterocycles. The number of carboxylic acid groups (broad SMARTS) is 1. The second-order valence-corrected chi connectivity index (χ2v) is 4.66. The van der Waals surface area contributed by atoms with Crippen LogP contribution in [-0.2, 0) is 4.79 Å². The van der Waals surface area contributed by atoms with Crippen LogP contribution in [0.3, 0.4) is 0 Å². The number of hydrogen-bond acceptors (Lipinski definition) is 3. The average Bonchev–Trinajstić information content (AvgIpc) is 2.36. The third kappa shape index (κ3) is 3.88. The molecule has 0 saturated carbocycles. The van der Waals surface area contributed by atoms with Gasteiger partial charge in [-0.3, -0.25) is 9.59 Å². The molecule has 0 aromatic heterocycles. The van der Waals surface area contributed by atoms with E-state index in [1.807, 2.05) is 0 Å². The fraction of sp³-hybridized carbons (Fsp3) is 0.231. The topological polar surface area (TPSA) is 66.8 Å². The highest BCUT2D eigenvalue weighted by atomic mass is 35.5. The lowest BCUT2D eigenvalue weighted by atomic mass is 10.2. The Balaban J connectivity index is 3.11. The Bertz CT molecular complexity index is 522. The van der Waals surface area contributed by atoms with Crippen molar-refractivity contribution in [2.45, 2.75) is 0 Å². The molecule has 20 heavy (non-hydrogen) atoms. The number of methoxy groups -OCH3 is 1. The van der Waals surface area contributed by atoms with E-state index in [1.54, 1.807) is 0 Å². The van der Waals surface area contributed by atoms with Gasteiger partial charge in [0.2, 0.25) is 0 Å². The van der Waals surface area contributed by atoms with Gasteiger partial charge >= 0.3 is 5.97 Å². The maximum absolute atomic E-state index is 12.2. The first-order chi connectivity index (χ1) is 9.40. The Kier molecular flexibility index (Phi) is 5.85. The Morgan fingerprint density at radius 3 is 2.35 bits per heavy atom. The predicted octanol–water partition coefficient (Wildman–Crippen LogP) is 2.71. The second-order valence-electron chi connectivity index (χ2n) is 3.84. The summed E-state index contributed by atoms with van der Waals surface area (Å²) in [5.41, 5.74) is 0.184. The number of rotatable bonds is 6. The zero-order valence-corrected chi connectivity index (χ0v) is 12.2. The molecule has 0 atom stereocenters. The maximum atomic E-state index is 12.2. The first kappa shape index (κ1) is 16.3. The largest absolute Gasteiger partial charge is 0.494 e. The zero-order valence-electron chi connectivity index (χ0n) is 10.7. The highest BCUT2D eigenvalue weighted by Crippen LogP contribution is 2.34. The number of halogens is 2. The normalized spacial score (nSPS) is 9.95. The van der Waals surface area contributed by atoms with Crippen LogP contribution in [0.4, 0.5) is 0 Å². The molecule has 1 aromatic rings. The van der Waals surface area contributed by atoms with E-state index < -0.39 is 18.4 Å². The van der Waals surface area contributed by atoms with Crippen molar-refractivity contribution >= 4 is 35.1 Å². The number of carbonyl (C=O) groups is 2. The lowest BCUT2D eigenvalue weighted by Gasteiger charge is -2.19. The smallest absolute Gasteiger partial charge is 0.323 e. The quantitative estimate of drug-likeness (QED) is 0.819. The van der Waals surface area contributed by atoms with Crippen LogP contribution in [0.25, 0.3) is 0 Å². The van der Waals surface area contributed by atoms with Gasteiger partial charge in [-0.2, -0.15) is 0 Å². The van der Waals surface area contributed by atoms with Crippen molar-refractivity contribution in [3.05, 3.63) is 40.4 Å². The van der Waals surface area contributed by atoms with Gasteiger partial charge in [-0.1, -0.05) is 29.3 Å². The van der Waals surface area contributed by atoms with Gasteiger partial charge in [-0.05, 0) is 12.1 Å². The number of benzene rings is 1. The molecule has 0 aliphatic rings. The van der Waals surface area contributed by atoms with Crippen molar-refractivity contribution in [3.8, 4) is 5.75 Å². The molecule has 1 amide bonds. The molecular formula is C13H13Cl2NO4. The van der Waals surface area contributed by atoms with Crippen LogP contribution < -0.4 is 4.74 Å². The van der Waals surface area contributed by atoms with Gasteiger partial charge in [0.15, 0.2) is 5.75 Å². The van der Waals surface area contributed by atoms with E-state index in [2.05, 4.69) is 6.58 Å². The summed E-state index contributed by atoms with van der Waals surface area (Å²) in [7, 11) is 1.41. The third-order valence-corrected chi connectivity index (χ3v) is 2.97. The summed E-state index contributed by atoms with van der Waals surface area (Å²) in [5, 5.41) is 9.15. The first-order valence-electron chi connectivity index (χ1n) is 5.55. The Morgan fingerprint density at radius 1 is 1.40 bits per heavy atom. The number of amides is 1. The fourth-order valence-electron chi connectivity index (χ4n) is 1.60. The number of nitrogens with zero attached hydrogens (tertiary/aromatic N) is 1. The lowest BCUT2D eigenvalue weighted by molar-refractivity contribution is -0.137. The molecule has 0 heterocycles. The molecule has 1 aromatic carbocycles. The number of hydrogen-bond donors (Lipinski definition) is 1. The second kappa shape index (κ2) is 7.17. The van der Waals surface area contributed by atoms with Crippen LogP contribution in [0.2, 0.25) is 10.0 Å². The van der Waals surface area contributed by atoms with Crippen LogP contribution in [-0.4, -0.2) is 42.1 Å². The predicted molar refractivity (Wildman–Crippen MR) is 76.8 cm³/mol. The fourth-order valence-corrected chi connectivity index (χ4v) is 2.24. The summed E-state index contributed by atoms with van der Waals surface area (Å²) in [6.45, 7) is 3.15. The van der Waals surface area contributed by atoms with E-state index in [9.17, 15) is 9.59 Å². The van der Waals surface area contributed by atoms with Crippen molar-refractivity contribution in [1.29, 1.82) is 0 Å². The SMILES string of the molecule is C=CCN(CC(=O)O)C(=O)c1cc(Cl)c(OC)c(Cl)c1. The number of aliphatic carboxylic acids is 1.